The van der Waals surface area contributed by atoms with Gasteiger partial charge in [-0.15, -0.1) is 0 Å². The molecule has 150 valence electrons. The molecule has 6 nitrogen and oxygen atoms in total. The van der Waals surface area contributed by atoms with Gasteiger partial charge in [0.2, 0.25) is 0 Å². The van der Waals surface area contributed by atoms with Crippen molar-refractivity contribution in [1.29, 1.82) is 0 Å². The molecular weight excluding hydrogens is 378 g/mol. The topological polar surface area (TPSA) is 67.2 Å². The SMILES string of the molecule is CN(CCCNC(=O)c1ccc(=O)n(-c2ccc(F)cc2)n1)c1ccccc1F. The second-order valence-corrected chi connectivity index (χ2v) is 6.43. The first-order chi connectivity index (χ1) is 14.0. The number of nitrogens with zero attached hydrogens (tertiary/aromatic N) is 3. The van der Waals surface area contributed by atoms with Crippen molar-refractivity contribution in [3.05, 3.63) is 88.3 Å². The van der Waals surface area contributed by atoms with Crippen LogP contribution in [0, 0.1) is 11.6 Å². The highest BCUT2D eigenvalue weighted by Gasteiger charge is 2.11. The lowest BCUT2D eigenvalue weighted by Crippen LogP contribution is -2.31. The van der Waals surface area contributed by atoms with Gasteiger partial charge in [-0.1, -0.05) is 12.1 Å². The molecule has 1 heterocycles. The van der Waals surface area contributed by atoms with E-state index in [1.807, 2.05) is 0 Å². The fraction of sp³-hybridized carbons (Fsp3) is 0.190. The predicted molar refractivity (Wildman–Crippen MR) is 106 cm³/mol. The fourth-order valence-electron chi connectivity index (χ4n) is 2.79. The number of rotatable bonds is 7. The lowest BCUT2D eigenvalue weighted by molar-refractivity contribution is 0.0946. The summed E-state index contributed by atoms with van der Waals surface area (Å²) >= 11 is 0. The summed E-state index contributed by atoms with van der Waals surface area (Å²) in [6, 6.07) is 14.3. The van der Waals surface area contributed by atoms with Gasteiger partial charge in [-0.25, -0.2) is 8.78 Å². The molecule has 3 aromatic rings. The highest BCUT2D eigenvalue weighted by molar-refractivity contribution is 5.92. The third kappa shape index (κ3) is 5.04. The molecule has 0 bridgehead atoms. The molecule has 0 saturated heterocycles. The Bertz CT molecular complexity index is 1050. The minimum absolute atomic E-state index is 0.0661. The Hall–Kier alpha value is -3.55. The highest BCUT2D eigenvalue weighted by Crippen LogP contribution is 2.16. The van der Waals surface area contributed by atoms with Gasteiger partial charge in [-0.05, 0) is 48.9 Å². The van der Waals surface area contributed by atoms with Gasteiger partial charge in [0, 0.05) is 26.2 Å². The molecular formula is C21H20F2N4O2. The van der Waals surface area contributed by atoms with Crippen molar-refractivity contribution in [2.24, 2.45) is 0 Å². The number of amides is 1. The van der Waals surface area contributed by atoms with Crippen molar-refractivity contribution in [1.82, 2.24) is 15.1 Å². The summed E-state index contributed by atoms with van der Waals surface area (Å²) in [6.07, 6.45) is 0.591. The van der Waals surface area contributed by atoms with Crippen LogP contribution in [0.25, 0.3) is 5.69 Å². The predicted octanol–water partition coefficient (Wildman–Crippen LogP) is 2.77. The number of anilines is 1. The van der Waals surface area contributed by atoms with Crippen molar-refractivity contribution in [2.75, 3.05) is 25.0 Å². The maximum atomic E-state index is 13.8. The summed E-state index contributed by atoms with van der Waals surface area (Å²) in [6.45, 7) is 0.901. The number of hydrogen-bond donors (Lipinski definition) is 1. The van der Waals surface area contributed by atoms with E-state index in [4.69, 9.17) is 0 Å². The van der Waals surface area contributed by atoms with Crippen LogP contribution in [-0.4, -0.2) is 35.8 Å². The van der Waals surface area contributed by atoms with Crippen LogP contribution in [0.15, 0.2) is 65.5 Å². The Morgan fingerprint density at radius 3 is 2.52 bits per heavy atom. The summed E-state index contributed by atoms with van der Waals surface area (Å²) < 4.78 is 27.9. The third-order valence-electron chi connectivity index (χ3n) is 4.32. The van der Waals surface area contributed by atoms with E-state index in [2.05, 4.69) is 10.4 Å². The van der Waals surface area contributed by atoms with Crippen LogP contribution in [0.5, 0.6) is 0 Å². The summed E-state index contributed by atoms with van der Waals surface area (Å²) in [5, 5.41) is 6.79. The molecule has 0 aliphatic carbocycles. The van der Waals surface area contributed by atoms with E-state index in [1.54, 1.807) is 30.1 Å². The zero-order chi connectivity index (χ0) is 20.8. The Morgan fingerprint density at radius 2 is 1.79 bits per heavy atom. The summed E-state index contributed by atoms with van der Waals surface area (Å²) in [7, 11) is 1.78. The second kappa shape index (κ2) is 9.09. The summed E-state index contributed by atoms with van der Waals surface area (Å²) in [4.78, 5) is 26.1. The lowest BCUT2D eigenvalue weighted by Gasteiger charge is -2.19. The maximum Gasteiger partial charge on any atom is 0.271 e. The maximum absolute atomic E-state index is 13.8. The van der Waals surface area contributed by atoms with Crippen LogP contribution >= 0.6 is 0 Å². The number of nitrogens with one attached hydrogen (secondary N) is 1. The molecule has 0 saturated carbocycles. The minimum atomic E-state index is -0.436. The first-order valence-electron chi connectivity index (χ1n) is 9.06. The number of aromatic nitrogens is 2. The minimum Gasteiger partial charge on any atom is -0.372 e. The van der Waals surface area contributed by atoms with E-state index in [0.717, 1.165) is 4.68 Å². The van der Waals surface area contributed by atoms with Crippen LogP contribution in [0.2, 0.25) is 0 Å². The van der Waals surface area contributed by atoms with Gasteiger partial charge in [0.25, 0.3) is 11.5 Å². The van der Waals surface area contributed by atoms with Gasteiger partial charge < -0.3 is 10.2 Å². The molecule has 3 rings (SSSR count). The van der Waals surface area contributed by atoms with Crippen LogP contribution in [0.1, 0.15) is 16.9 Å². The van der Waals surface area contributed by atoms with Crippen molar-refractivity contribution in [3.8, 4) is 5.69 Å². The Labute approximate surface area is 166 Å². The van der Waals surface area contributed by atoms with E-state index in [0.29, 0.717) is 30.9 Å². The number of para-hydroxylation sites is 1. The van der Waals surface area contributed by atoms with Gasteiger partial charge >= 0.3 is 0 Å². The van der Waals surface area contributed by atoms with E-state index in [1.165, 1.54) is 42.5 Å². The second-order valence-electron chi connectivity index (χ2n) is 6.43. The summed E-state index contributed by atoms with van der Waals surface area (Å²) in [5.41, 5.74) is 0.487. The van der Waals surface area contributed by atoms with Crippen molar-refractivity contribution >= 4 is 11.6 Å². The van der Waals surface area contributed by atoms with E-state index < -0.39 is 17.3 Å². The molecule has 0 unspecified atom stereocenters. The standard InChI is InChI=1S/C21H20F2N4O2/c1-26(19-6-3-2-5-17(19)23)14-4-13-24-21(29)18-11-12-20(28)27(25-18)16-9-7-15(22)8-10-16/h2-3,5-12H,4,13-14H2,1H3,(H,24,29). The molecule has 1 N–H and O–H groups in total. The van der Waals surface area contributed by atoms with Gasteiger partial charge in [0.1, 0.15) is 17.3 Å². The summed E-state index contributed by atoms with van der Waals surface area (Å²) in [5.74, 6) is -1.17. The lowest BCUT2D eigenvalue weighted by atomic mass is 10.2. The largest absolute Gasteiger partial charge is 0.372 e. The first-order valence-corrected chi connectivity index (χ1v) is 9.06. The number of carbonyl (C=O) groups excluding carboxylic acids is 1. The molecule has 2 aromatic carbocycles. The average molecular weight is 398 g/mol. The fourth-order valence-corrected chi connectivity index (χ4v) is 2.79. The van der Waals surface area contributed by atoms with Gasteiger partial charge in [0.05, 0.1) is 11.4 Å². The normalized spacial score (nSPS) is 10.6. The molecule has 29 heavy (non-hydrogen) atoms. The van der Waals surface area contributed by atoms with Crippen molar-refractivity contribution < 1.29 is 13.6 Å². The zero-order valence-electron chi connectivity index (χ0n) is 15.8. The molecule has 0 aliphatic heterocycles. The van der Waals surface area contributed by atoms with Crippen LogP contribution < -0.4 is 15.8 Å². The molecule has 1 aromatic heterocycles. The van der Waals surface area contributed by atoms with E-state index in [-0.39, 0.29) is 11.5 Å². The molecule has 0 fully saturated rings. The number of benzene rings is 2. The van der Waals surface area contributed by atoms with Gasteiger partial charge in [-0.3, -0.25) is 9.59 Å². The van der Waals surface area contributed by atoms with E-state index in [9.17, 15) is 18.4 Å². The van der Waals surface area contributed by atoms with Gasteiger partial charge in [-0.2, -0.15) is 9.78 Å². The molecule has 1 amide bonds. The quantitative estimate of drug-likeness (QED) is 0.622. The Morgan fingerprint density at radius 1 is 1.07 bits per heavy atom. The molecule has 0 aliphatic rings. The Kier molecular flexibility index (Phi) is 6.33. The number of hydrogen-bond acceptors (Lipinski definition) is 4. The van der Waals surface area contributed by atoms with Crippen molar-refractivity contribution in [3.63, 3.8) is 0 Å². The van der Waals surface area contributed by atoms with Crippen LogP contribution in [0.4, 0.5) is 14.5 Å². The monoisotopic (exact) mass is 398 g/mol. The van der Waals surface area contributed by atoms with Crippen molar-refractivity contribution in [2.45, 2.75) is 6.42 Å². The van der Waals surface area contributed by atoms with E-state index >= 15 is 0 Å². The smallest absolute Gasteiger partial charge is 0.271 e. The average Bonchev–Trinajstić information content (AvgIpc) is 2.72. The molecule has 0 atom stereocenters. The highest BCUT2D eigenvalue weighted by atomic mass is 19.1. The number of carbonyl (C=O) groups is 1. The Balaban J connectivity index is 1.58. The molecule has 0 radical (unpaired) electrons. The molecule has 8 heteroatoms. The third-order valence-corrected chi connectivity index (χ3v) is 4.32. The van der Waals surface area contributed by atoms with Crippen LogP contribution in [0.3, 0.4) is 0 Å². The number of halogens is 2. The van der Waals surface area contributed by atoms with Crippen LogP contribution in [-0.2, 0) is 0 Å². The molecule has 0 spiro atoms. The van der Waals surface area contributed by atoms with Gasteiger partial charge in [0.15, 0.2) is 0 Å². The zero-order valence-corrected chi connectivity index (χ0v) is 15.8. The first kappa shape index (κ1) is 20.2.